The van der Waals surface area contributed by atoms with Gasteiger partial charge in [0.15, 0.2) is 0 Å². The monoisotopic (exact) mass is 312 g/mol. The minimum Gasteiger partial charge on any atom is -0.349 e. The number of benzene rings is 1. The molecule has 1 saturated heterocycles. The molecule has 3 rings (SSSR count). The highest BCUT2D eigenvalue weighted by atomic mass is 35.5. The smallest absolute Gasteiger partial charge is 0.251 e. The van der Waals surface area contributed by atoms with Crippen molar-refractivity contribution in [2.45, 2.75) is 43.7 Å². The van der Waals surface area contributed by atoms with E-state index >= 15 is 0 Å². The van der Waals surface area contributed by atoms with Crippen molar-refractivity contribution >= 4 is 29.1 Å². The number of nitrogens with one attached hydrogen (secondary N) is 2. The Morgan fingerprint density at radius 2 is 1.95 bits per heavy atom. The van der Waals surface area contributed by atoms with Crippen molar-refractivity contribution in [3.8, 4) is 0 Å². The number of piperidine rings is 1. The van der Waals surface area contributed by atoms with Crippen molar-refractivity contribution in [3.05, 3.63) is 33.8 Å². The van der Waals surface area contributed by atoms with Crippen molar-refractivity contribution in [2.75, 3.05) is 6.54 Å². The number of hydrogen-bond donors (Lipinski definition) is 2. The minimum absolute atomic E-state index is 0.0872. The molecule has 1 amide bonds. The highest BCUT2D eigenvalue weighted by Crippen LogP contribution is 2.38. The maximum atomic E-state index is 12.3. The molecular weight excluding hydrogens is 295 g/mol. The molecule has 2 N–H and O–H groups in total. The maximum absolute atomic E-state index is 12.3. The fourth-order valence-corrected chi connectivity index (χ4v) is 3.74. The number of carbonyl (C=O) groups excluding carboxylic acids is 1. The van der Waals surface area contributed by atoms with Crippen LogP contribution in [0.15, 0.2) is 18.2 Å². The van der Waals surface area contributed by atoms with E-state index in [4.69, 9.17) is 23.2 Å². The van der Waals surface area contributed by atoms with Crippen LogP contribution >= 0.6 is 23.2 Å². The molecular formula is C15H18Cl2N2O. The third-order valence-corrected chi connectivity index (χ3v) is 4.84. The summed E-state index contributed by atoms with van der Waals surface area (Å²) in [5.74, 6) is -0.0872. The summed E-state index contributed by atoms with van der Waals surface area (Å²) >= 11 is 11.9. The van der Waals surface area contributed by atoms with Crippen molar-refractivity contribution in [1.29, 1.82) is 0 Å². The topological polar surface area (TPSA) is 41.1 Å². The zero-order chi connectivity index (χ0) is 14.2. The number of rotatable bonds is 2. The first kappa shape index (κ1) is 14.2. The van der Waals surface area contributed by atoms with Gasteiger partial charge in [-0.1, -0.05) is 23.2 Å². The highest BCUT2D eigenvalue weighted by molar-refractivity contribution is 6.35. The molecule has 2 aliphatic rings. The van der Waals surface area contributed by atoms with Gasteiger partial charge >= 0.3 is 0 Å². The highest BCUT2D eigenvalue weighted by Gasteiger charge is 2.41. The molecule has 3 nitrogen and oxygen atoms in total. The van der Waals surface area contributed by atoms with Gasteiger partial charge in [-0.15, -0.1) is 0 Å². The van der Waals surface area contributed by atoms with E-state index in [9.17, 15) is 4.79 Å². The van der Waals surface area contributed by atoms with Gasteiger partial charge in [-0.25, -0.2) is 0 Å². The number of carbonyl (C=O) groups is 1. The minimum atomic E-state index is -0.0872. The van der Waals surface area contributed by atoms with Crippen molar-refractivity contribution in [2.24, 2.45) is 0 Å². The lowest BCUT2D eigenvalue weighted by molar-refractivity contribution is 0.0853. The largest absolute Gasteiger partial charge is 0.349 e. The van der Waals surface area contributed by atoms with Gasteiger partial charge in [0.2, 0.25) is 0 Å². The SMILES string of the molecule is O=C(NC1CCNC2(CCC2)C1)c1cc(Cl)cc(Cl)c1. The van der Waals surface area contributed by atoms with E-state index in [-0.39, 0.29) is 17.5 Å². The Bertz CT molecular complexity index is 508. The molecule has 0 radical (unpaired) electrons. The summed E-state index contributed by atoms with van der Waals surface area (Å²) in [4.78, 5) is 12.3. The van der Waals surface area contributed by atoms with Crippen LogP contribution in [0.25, 0.3) is 0 Å². The lowest BCUT2D eigenvalue weighted by Crippen LogP contribution is -2.59. The van der Waals surface area contributed by atoms with Crippen molar-refractivity contribution in [1.82, 2.24) is 10.6 Å². The molecule has 20 heavy (non-hydrogen) atoms. The second-order valence-corrected chi connectivity index (χ2v) is 6.75. The molecule has 1 aliphatic carbocycles. The molecule has 5 heteroatoms. The Labute approximate surface area is 129 Å². The molecule has 2 fully saturated rings. The molecule has 1 atom stereocenters. The fourth-order valence-electron chi connectivity index (χ4n) is 3.22. The van der Waals surface area contributed by atoms with Crippen LogP contribution < -0.4 is 10.6 Å². The Balaban J connectivity index is 1.66. The Morgan fingerprint density at radius 1 is 1.25 bits per heavy atom. The third kappa shape index (κ3) is 2.95. The Morgan fingerprint density at radius 3 is 2.55 bits per heavy atom. The summed E-state index contributed by atoms with van der Waals surface area (Å²) in [6.07, 6.45) is 5.73. The first-order valence-corrected chi connectivity index (χ1v) is 7.84. The summed E-state index contributed by atoms with van der Waals surface area (Å²) in [7, 11) is 0. The molecule has 1 aromatic carbocycles. The number of hydrogen-bond acceptors (Lipinski definition) is 2. The summed E-state index contributed by atoms with van der Waals surface area (Å²) in [5.41, 5.74) is 0.811. The van der Waals surface area contributed by atoms with Gasteiger partial charge in [-0.2, -0.15) is 0 Å². The molecule has 0 aromatic heterocycles. The van der Waals surface area contributed by atoms with Crippen LogP contribution in [0.3, 0.4) is 0 Å². The first-order chi connectivity index (χ1) is 9.56. The second kappa shape index (κ2) is 5.55. The fraction of sp³-hybridized carbons (Fsp3) is 0.533. The van der Waals surface area contributed by atoms with Crippen LogP contribution in [0, 0.1) is 0 Å². The average Bonchev–Trinajstić information content (AvgIpc) is 2.36. The van der Waals surface area contributed by atoms with Crippen LogP contribution in [-0.2, 0) is 0 Å². The van der Waals surface area contributed by atoms with E-state index in [1.807, 2.05) is 0 Å². The zero-order valence-electron chi connectivity index (χ0n) is 11.2. The number of halogens is 2. The molecule has 1 unspecified atom stereocenters. The van der Waals surface area contributed by atoms with E-state index in [0.29, 0.717) is 15.6 Å². The van der Waals surface area contributed by atoms with E-state index in [0.717, 1.165) is 19.4 Å². The maximum Gasteiger partial charge on any atom is 0.251 e. The van der Waals surface area contributed by atoms with E-state index < -0.39 is 0 Å². The van der Waals surface area contributed by atoms with Gasteiger partial charge in [0, 0.05) is 27.2 Å². The van der Waals surface area contributed by atoms with Gasteiger partial charge in [0.05, 0.1) is 0 Å². The average molecular weight is 313 g/mol. The van der Waals surface area contributed by atoms with E-state index in [1.54, 1.807) is 18.2 Å². The first-order valence-electron chi connectivity index (χ1n) is 7.08. The van der Waals surface area contributed by atoms with E-state index in [2.05, 4.69) is 10.6 Å². The molecule has 0 bridgehead atoms. The summed E-state index contributed by atoms with van der Waals surface area (Å²) < 4.78 is 0. The molecule has 1 heterocycles. The standard InChI is InChI=1S/C15H18Cl2N2O/c16-11-6-10(7-12(17)8-11)14(20)19-13-2-5-18-15(9-13)3-1-4-15/h6-8,13,18H,1-5,9H2,(H,19,20). The molecule has 1 spiro atoms. The van der Waals surface area contributed by atoms with Crippen LogP contribution in [0.5, 0.6) is 0 Å². The predicted molar refractivity (Wildman–Crippen MR) is 81.5 cm³/mol. The predicted octanol–water partition coefficient (Wildman–Crippen LogP) is 3.40. The molecule has 1 saturated carbocycles. The van der Waals surface area contributed by atoms with Crippen LogP contribution in [-0.4, -0.2) is 24.0 Å². The van der Waals surface area contributed by atoms with Crippen LogP contribution in [0.2, 0.25) is 10.0 Å². The molecule has 108 valence electrons. The second-order valence-electron chi connectivity index (χ2n) is 5.88. The van der Waals surface area contributed by atoms with Crippen molar-refractivity contribution in [3.63, 3.8) is 0 Å². The van der Waals surface area contributed by atoms with Crippen LogP contribution in [0.1, 0.15) is 42.5 Å². The summed E-state index contributed by atoms with van der Waals surface area (Å²) in [6.45, 7) is 0.973. The molecule has 1 aliphatic heterocycles. The van der Waals surface area contributed by atoms with Crippen molar-refractivity contribution < 1.29 is 4.79 Å². The van der Waals surface area contributed by atoms with Crippen LogP contribution in [0.4, 0.5) is 0 Å². The molecule has 1 aromatic rings. The normalized spacial score (nSPS) is 24.2. The Kier molecular flexibility index (Phi) is 3.93. The number of amides is 1. The zero-order valence-corrected chi connectivity index (χ0v) is 12.7. The lowest BCUT2D eigenvalue weighted by Gasteiger charge is -2.48. The van der Waals surface area contributed by atoms with Gasteiger partial charge in [0.1, 0.15) is 0 Å². The van der Waals surface area contributed by atoms with Gasteiger partial charge < -0.3 is 10.6 Å². The summed E-state index contributed by atoms with van der Waals surface area (Å²) in [5, 5.41) is 7.69. The summed E-state index contributed by atoms with van der Waals surface area (Å²) in [6, 6.07) is 5.18. The quantitative estimate of drug-likeness (QED) is 0.878. The van der Waals surface area contributed by atoms with Gasteiger partial charge in [0.25, 0.3) is 5.91 Å². The van der Waals surface area contributed by atoms with E-state index in [1.165, 1.54) is 19.3 Å². The van der Waals surface area contributed by atoms with Gasteiger partial charge in [-0.3, -0.25) is 4.79 Å². The van der Waals surface area contributed by atoms with Gasteiger partial charge in [-0.05, 0) is 56.8 Å². The lowest BCUT2D eigenvalue weighted by atomic mass is 9.70. The Hall–Kier alpha value is -0.770. The third-order valence-electron chi connectivity index (χ3n) is 4.40.